The highest BCUT2D eigenvalue weighted by Crippen LogP contribution is 2.30. The van der Waals surface area contributed by atoms with Gasteiger partial charge < -0.3 is 10.1 Å². The summed E-state index contributed by atoms with van der Waals surface area (Å²) in [7, 11) is 1.66. The van der Waals surface area contributed by atoms with Crippen LogP contribution in [0.4, 0.5) is 10.3 Å². The van der Waals surface area contributed by atoms with Crippen LogP contribution in [0.15, 0.2) is 28.9 Å². The van der Waals surface area contributed by atoms with Crippen LogP contribution in [0.3, 0.4) is 0 Å². The molecule has 94 valence electrons. The highest BCUT2D eigenvalue weighted by Gasteiger charge is 2.10. The molecule has 0 saturated carbocycles. The van der Waals surface area contributed by atoms with Crippen LogP contribution >= 0.6 is 27.5 Å². The normalized spacial score (nSPS) is 10.2. The minimum atomic E-state index is -0.509. The third kappa shape index (κ3) is 2.88. The summed E-state index contributed by atoms with van der Waals surface area (Å²) in [5.74, 6) is -0.0323. The van der Waals surface area contributed by atoms with Crippen LogP contribution in [-0.2, 0) is 0 Å². The van der Waals surface area contributed by atoms with Crippen molar-refractivity contribution in [3.8, 4) is 11.6 Å². The van der Waals surface area contributed by atoms with E-state index in [1.54, 1.807) is 13.1 Å². The summed E-state index contributed by atoms with van der Waals surface area (Å²) >= 11 is 9.04. The Hall–Kier alpha value is -1.40. The number of hydrogen-bond acceptors (Lipinski definition) is 4. The number of rotatable bonds is 3. The van der Waals surface area contributed by atoms with Crippen molar-refractivity contribution in [3.05, 3.63) is 39.7 Å². The second-order valence-corrected chi connectivity index (χ2v) is 4.60. The number of nitrogens with zero attached hydrogens (tertiary/aromatic N) is 2. The van der Waals surface area contributed by atoms with Crippen LogP contribution in [0.1, 0.15) is 0 Å². The summed E-state index contributed by atoms with van der Waals surface area (Å²) in [6.45, 7) is 0. The lowest BCUT2D eigenvalue weighted by atomic mass is 10.3. The van der Waals surface area contributed by atoms with Crippen molar-refractivity contribution >= 4 is 33.5 Å². The average Bonchev–Trinajstić information content (AvgIpc) is 2.35. The van der Waals surface area contributed by atoms with E-state index in [1.165, 1.54) is 18.3 Å². The van der Waals surface area contributed by atoms with Crippen molar-refractivity contribution in [1.82, 2.24) is 9.97 Å². The van der Waals surface area contributed by atoms with Gasteiger partial charge in [0, 0.05) is 11.5 Å². The number of halogens is 3. The molecule has 0 amide bonds. The van der Waals surface area contributed by atoms with Gasteiger partial charge in [-0.05, 0) is 18.2 Å². The number of anilines is 1. The van der Waals surface area contributed by atoms with Gasteiger partial charge >= 0.3 is 0 Å². The Morgan fingerprint density at radius 1 is 1.44 bits per heavy atom. The molecule has 0 unspecified atom stereocenters. The summed E-state index contributed by atoms with van der Waals surface area (Å²) in [6.07, 6.45) is 1.38. The van der Waals surface area contributed by atoms with Crippen molar-refractivity contribution < 1.29 is 9.13 Å². The second-order valence-electron chi connectivity index (χ2n) is 3.27. The largest absolute Gasteiger partial charge is 0.434 e. The predicted molar refractivity (Wildman–Crippen MR) is 70.8 cm³/mol. The van der Waals surface area contributed by atoms with Crippen LogP contribution in [-0.4, -0.2) is 17.0 Å². The van der Waals surface area contributed by atoms with Gasteiger partial charge in [0.05, 0.1) is 6.20 Å². The molecule has 0 radical (unpaired) electrons. The fourth-order valence-corrected chi connectivity index (χ4v) is 1.67. The number of aromatic nitrogens is 2. The molecule has 1 heterocycles. The van der Waals surface area contributed by atoms with Gasteiger partial charge in [-0.2, -0.15) is 4.98 Å². The van der Waals surface area contributed by atoms with Gasteiger partial charge in [-0.25, -0.2) is 9.37 Å². The lowest BCUT2D eigenvalue weighted by Crippen LogP contribution is -1.99. The molecule has 0 aliphatic heterocycles. The Balaban J connectivity index is 2.33. The molecule has 1 aromatic carbocycles. The number of ether oxygens (including phenoxy) is 1. The Kier molecular flexibility index (Phi) is 3.98. The molecule has 7 heteroatoms. The smallest absolute Gasteiger partial charge is 0.243 e. The molecule has 1 N–H and O–H groups in total. The molecule has 2 aromatic rings. The lowest BCUT2D eigenvalue weighted by Gasteiger charge is -2.08. The van der Waals surface area contributed by atoms with Crippen LogP contribution in [0, 0.1) is 5.82 Å². The van der Waals surface area contributed by atoms with E-state index < -0.39 is 5.82 Å². The average molecular weight is 333 g/mol. The minimum Gasteiger partial charge on any atom is -0.434 e. The first-order valence-electron chi connectivity index (χ1n) is 4.93. The Bertz CT molecular complexity index is 582. The van der Waals surface area contributed by atoms with Crippen LogP contribution in [0.25, 0.3) is 0 Å². The van der Waals surface area contributed by atoms with Crippen molar-refractivity contribution in [1.29, 1.82) is 0 Å². The Morgan fingerprint density at radius 3 is 2.89 bits per heavy atom. The molecule has 4 nitrogen and oxygen atoms in total. The molecular weight excluding hydrogens is 324 g/mol. The molecule has 0 spiro atoms. The van der Waals surface area contributed by atoms with Gasteiger partial charge in [-0.15, -0.1) is 0 Å². The summed E-state index contributed by atoms with van der Waals surface area (Å²) in [6, 6.07) is 4.44. The molecular formula is C11H8BrClFN3O. The summed E-state index contributed by atoms with van der Waals surface area (Å²) < 4.78 is 19.5. The van der Waals surface area contributed by atoms with Crippen molar-refractivity contribution in [2.24, 2.45) is 0 Å². The van der Waals surface area contributed by atoms with Crippen LogP contribution < -0.4 is 10.1 Å². The number of nitrogens with one attached hydrogen (secondary N) is 1. The summed E-state index contributed by atoms with van der Waals surface area (Å²) in [5.41, 5.74) is 0. The monoisotopic (exact) mass is 331 g/mol. The third-order valence-electron chi connectivity index (χ3n) is 2.04. The van der Waals surface area contributed by atoms with Gasteiger partial charge in [0.2, 0.25) is 11.8 Å². The van der Waals surface area contributed by atoms with Gasteiger partial charge in [0.15, 0.2) is 11.6 Å². The van der Waals surface area contributed by atoms with E-state index in [4.69, 9.17) is 16.3 Å². The first-order valence-corrected chi connectivity index (χ1v) is 6.10. The maximum Gasteiger partial charge on any atom is 0.243 e. The van der Waals surface area contributed by atoms with Crippen LogP contribution in [0.2, 0.25) is 5.02 Å². The SMILES string of the molecule is CNc1ncc(Cl)c(Oc2ccc(Br)cc2F)n1. The zero-order valence-corrected chi connectivity index (χ0v) is 11.6. The van der Waals surface area contributed by atoms with Gasteiger partial charge in [-0.3, -0.25) is 0 Å². The Morgan fingerprint density at radius 2 is 2.22 bits per heavy atom. The predicted octanol–water partition coefficient (Wildman–Crippen LogP) is 3.87. The second kappa shape index (κ2) is 5.49. The van der Waals surface area contributed by atoms with E-state index in [-0.39, 0.29) is 16.7 Å². The molecule has 0 aliphatic carbocycles. The zero-order chi connectivity index (χ0) is 13.1. The van der Waals surface area contributed by atoms with E-state index in [0.717, 1.165) is 0 Å². The summed E-state index contributed by atoms with van der Waals surface area (Å²) in [4.78, 5) is 7.89. The van der Waals surface area contributed by atoms with E-state index in [2.05, 4.69) is 31.2 Å². The fourth-order valence-electron chi connectivity index (χ4n) is 1.21. The molecule has 18 heavy (non-hydrogen) atoms. The fraction of sp³-hybridized carbons (Fsp3) is 0.0909. The Labute approximate surface area is 116 Å². The van der Waals surface area contributed by atoms with Gasteiger partial charge in [0.25, 0.3) is 0 Å². The number of benzene rings is 1. The first kappa shape index (κ1) is 13.0. The van der Waals surface area contributed by atoms with Crippen molar-refractivity contribution in [2.45, 2.75) is 0 Å². The first-order chi connectivity index (χ1) is 8.60. The third-order valence-corrected chi connectivity index (χ3v) is 2.79. The molecule has 2 rings (SSSR count). The van der Waals surface area contributed by atoms with E-state index >= 15 is 0 Å². The highest BCUT2D eigenvalue weighted by atomic mass is 79.9. The van der Waals surface area contributed by atoms with Crippen molar-refractivity contribution in [3.63, 3.8) is 0 Å². The van der Waals surface area contributed by atoms with E-state index in [1.807, 2.05) is 0 Å². The molecule has 0 saturated heterocycles. The maximum atomic E-state index is 13.6. The lowest BCUT2D eigenvalue weighted by molar-refractivity contribution is 0.427. The van der Waals surface area contributed by atoms with E-state index in [9.17, 15) is 4.39 Å². The maximum absolute atomic E-state index is 13.6. The molecule has 0 atom stereocenters. The molecule has 0 bridgehead atoms. The topological polar surface area (TPSA) is 47.0 Å². The summed E-state index contributed by atoms with van der Waals surface area (Å²) in [5, 5.41) is 2.95. The molecule has 0 aliphatic rings. The molecule has 0 fully saturated rings. The van der Waals surface area contributed by atoms with Crippen molar-refractivity contribution in [2.75, 3.05) is 12.4 Å². The number of hydrogen-bond donors (Lipinski definition) is 1. The van der Waals surface area contributed by atoms with Gasteiger partial charge in [-0.1, -0.05) is 27.5 Å². The van der Waals surface area contributed by atoms with Gasteiger partial charge in [0.1, 0.15) is 5.02 Å². The molecule has 1 aromatic heterocycles. The quantitative estimate of drug-likeness (QED) is 0.927. The standard InChI is InChI=1S/C11H8BrClFN3O/c1-15-11-16-5-7(13)10(17-11)18-9-3-2-6(12)4-8(9)14/h2-5H,1H3,(H,15,16,17). The van der Waals surface area contributed by atoms with E-state index in [0.29, 0.717) is 10.4 Å². The highest BCUT2D eigenvalue weighted by molar-refractivity contribution is 9.10. The zero-order valence-electron chi connectivity index (χ0n) is 9.25. The minimum absolute atomic E-state index is 0.0425. The van der Waals surface area contributed by atoms with Crippen LogP contribution in [0.5, 0.6) is 11.6 Å².